The standard InChI is InChI=1S/C7H5N3O2/c8-4-5(7(11)12)3-6-1-2-9-10-6/h1-3H,(H,9,10)(H,11,12)/b5-3+. The van der Waals surface area contributed by atoms with Gasteiger partial charge in [0.05, 0.1) is 5.69 Å². The molecule has 0 aliphatic carbocycles. The van der Waals surface area contributed by atoms with Crippen molar-refractivity contribution in [2.45, 2.75) is 0 Å². The Morgan fingerprint density at radius 2 is 2.58 bits per heavy atom. The highest BCUT2D eigenvalue weighted by Crippen LogP contribution is 2.01. The van der Waals surface area contributed by atoms with Crippen LogP contribution in [0.15, 0.2) is 17.8 Å². The monoisotopic (exact) mass is 163 g/mol. The van der Waals surface area contributed by atoms with Gasteiger partial charge in [0.15, 0.2) is 0 Å². The van der Waals surface area contributed by atoms with E-state index in [-0.39, 0.29) is 5.57 Å². The van der Waals surface area contributed by atoms with Crippen LogP contribution in [0, 0.1) is 11.3 Å². The van der Waals surface area contributed by atoms with Gasteiger partial charge in [-0.05, 0) is 12.1 Å². The van der Waals surface area contributed by atoms with Gasteiger partial charge >= 0.3 is 5.97 Å². The Morgan fingerprint density at radius 1 is 1.83 bits per heavy atom. The maximum Gasteiger partial charge on any atom is 0.346 e. The normalized spacial score (nSPS) is 10.8. The average molecular weight is 163 g/mol. The number of carboxylic acids is 1. The van der Waals surface area contributed by atoms with Crippen LogP contribution in [0.2, 0.25) is 0 Å². The smallest absolute Gasteiger partial charge is 0.346 e. The molecule has 60 valence electrons. The zero-order chi connectivity index (χ0) is 8.97. The third kappa shape index (κ3) is 1.70. The van der Waals surface area contributed by atoms with Crippen molar-refractivity contribution in [2.24, 2.45) is 0 Å². The summed E-state index contributed by atoms with van der Waals surface area (Å²) in [4.78, 5) is 10.3. The lowest BCUT2D eigenvalue weighted by molar-refractivity contribution is -0.132. The van der Waals surface area contributed by atoms with Crippen LogP contribution in [0.3, 0.4) is 0 Å². The highest BCUT2D eigenvalue weighted by Gasteiger charge is 2.05. The summed E-state index contributed by atoms with van der Waals surface area (Å²) in [6.45, 7) is 0. The van der Waals surface area contributed by atoms with Crippen molar-refractivity contribution in [1.82, 2.24) is 10.2 Å². The minimum Gasteiger partial charge on any atom is -0.477 e. The number of hydrogen-bond acceptors (Lipinski definition) is 3. The molecule has 0 aromatic carbocycles. The van der Waals surface area contributed by atoms with Crippen molar-refractivity contribution in [3.8, 4) is 6.07 Å². The first-order valence-corrected chi connectivity index (χ1v) is 3.08. The van der Waals surface area contributed by atoms with Crippen LogP contribution in [0.4, 0.5) is 0 Å². The first-order valence-electron chi connectivity index (χ1n) is 3.08. The molecular formula is C7H5N3O2. The number of rotatable bonds is 2. The second-order valence-electron chi connectivity index (χ2n) is 1.99. The summed E-state index contributed by atoms with van der Waals surface area (Å²) in [5.74, 6) is -1.24. The van der Waals surface area contributed by atoms with Crippen LogP contribution in [0.1, 0.15) is 5.69 Å². The molecule has 1 rings (SSSR count). The highest BCUT2D eigenvalue weighted by molar-refractivity contribution is 5.96. The second kappa shape index (κ2) is 3.34. The summed E-state index contributed by atoms with van der Waals surface area (Å²) in [5.41, 5.74) is 0.174. The van der Waals surface area contributed by atoms with Crippen LogP contribution in [0.25, 0.3) is 6.08 Å². The number of aliphatic carboxylic acids is 1. The molecule has 0 radical (unpaired) electrons. The lowest BCUT2D eigenvalue weighted by Crippen LogP contribution is -1.97. The van der Waals surface area contributed by atoms with Crippen molar-refractivity contribution in [1.29, 1.82) is 5.26 Å². The molecule has 0 bridgehead atoms. The molecule has 0 saturated heterocycles. The Morgan fingerprint density at radius 3 is 3.00 bits per heavy atom. The fraction of sp³-hybridized carbons (Fsp3) is 0. The summed E-state index contributed by atoms with van der Waals surface area (Å²) >= 11 is 0. The lowest BCUT2D eigenvalue weighted by atomic mass is 10.2. The van der Waals surface area contributed by atoms with Crippen LogP contribution in [0.5, 0.6) is 0 Å². The Hall–Kier alpha value is -2.09. The van der Waals surface area contributed by atoms with Gasteiger partial charge in [-0.2, -0.15) is 10.4 Å². The first kappa shape index (κ1) is 8.01. The Kier molecular flexibility index (Phi) is 2.23. The van der Waals surface area contributed by atoms with E-state index in [1.807, 2.05) is 0 Å². The van der Waals surface area contributed by atoms with Gasteiger partial charge in [0, 0.05) is 6.20 Å². The van der Waals surface area contributed by atoms with E-state index < -0.39 is 5.97 Å². The number of carboxylic acid groups (broad SMARTS) is 1. The number of hydrogen-bond donors (Lipinski definition) is 2. The molecule has 0 aliphatic heterocycles. The van der Waals surface area contributed by atoms with Gasteiger partial charge in [-0.15, -0.1) is 0 Å². The molecule has 1 aromatic heterocycles. The summed E-state index contributed by atoms with van der Waals surface area (Å²) in [6, 6.07) is 3.12. The van der Waals surface area contributed by atoms with E-state index in [1.54, 1.807) is 12.1 Å². The number of nitrogens with zero attached hydrogens (tertiary/aromatic N) is 2. The summed E-state index contributed by atoms with van der Waals surface area (Å²) in [7, 11) is 0. The molecule has 0 unspecified atom stereocenters. The van der Waals surface area contributed by atoms with Crippen molar-refractivity contribution in [3.63, 3.8) is 0 Å². The number of aromatic amines is 1. The van der Waals surface area contributed by atoms with Crippen molar-refractivity contribution < 1.29 is 9.90 Å². The van der Waals surface area contributed by atoms with Crippen molar-refractivity contribution in [2.75, 3.05) is 0 Å². The van der Waals surface area contributed by atoms with E-state index in [9.17, 15) is 4.79 Å². The third-order valence-electron chi connectivity index (χ3n) is 1.17. The van der Waals surface area contributed by atoms with Crippen molar-refractivity contribution >= 4 is 12.0 Å². The number of nitrogens with one attached hydrogen (secondary N) is 1. The SMILES string of the molecule is N#C/C(=C\c1ccn[nH]1)C(=O)O. The Bertz CT molecular complexity index is 345. The molecule has 0 atom stereocenters. The van der Waals surface area contributed by atoms with Crippen molar-refractivity contribution in [3.05, 3.63) is 23.5 Å². The van der Waals surface area contributed by atoms with E-state index in [4.69, 9.17) is 10.4 Å². The zero-order valence-electron chi connectivity index (χ0n) is 5.98. The zero-order valence-corrected chi connectivity index (χ0v) is 5.98. The summed E-state index contributed by atoms with van der Waals surface area (Å²) in [6.07, 6.45) is 2.69. The van der Waals surface area contributed by atoms with Gasteiger partial charge in [-0.1, -0.05) is 0 Å². The van der Waals surface area contributed by atoms with Crippen LogP contribution >= 0.6 is 0 Å². The number of aromatic nitrogens is 2. The predicted molar refractivity (Wildman–Crippen MR) is 39.8 cm³/mol. The molecule has 0 amide bonds. The molecule has 0 fully saturated rings. The minimum atomic E-state index is -1.24. The maximum absolute atomic E-state index is 10.3. The average Bonchev–Trinajstić information content (AvgIpc) is 2.51. The molecule has 1 aromatic rings. The van der Waals surface area contributed by atoms with Crippen LogP contribution in [-0.4, -0.2) is 21.3 Å². The minimum absolute atomic E-state index is 0.320. The molecule has 12 heavy (non-hydrogen) atoms. The number of carbonyl (C=O) groups is 1. The molecule has 5 nitrogen and oxygen atoms in total. The number of nitriles is 1. The maximum atomic E-state index is 10.3. The van der Waals surface area contributed by atoms with E-state index in [0.717, 1.165) is 0 Å². The van der Waals surface area contributed by atoms with E-state index in [0.29, 0.717) is 5.69 Å². The molecular weight excluding hydrogens is 158 g/mol. The molecule has 0 spiro atoms. The third-order valence-corrected chi connectivity index (χ3v) is 1.17. The van der Waals surface area contributed by atoms with Gasteiger partial charge < -0.3 is 5.11 Å². The molecule has 0 saturated carbocycles. The fourth-order valence-corrected chi connectivity index (χ4v) is 0.644. The molecule has 2 N–H and O–H groups in total. The summed E-state index contributed by atoms with van der Waals surface area (Å²) < 4.78 is 0. The van der Waals surface area contributed by atoms with E-state index in [2.05, 4.69) is 10.2 Å². The fourth-order valence-electron chi connectivity index (χ4n) is 0.644. The number of H-pyrrole nitrogens is 1. The molecule has 5 heteroatoms. The Balaban J connectivity index is 2.95. The van der Waals surface area contributed by atoms with Gasteiger partial charge in [-0.3, -0.25) is 5.10 Å². The summed E-state index contributed by atoms with van der Waals surface area (Å²) in [5, 5.41) is 22.9. The van der Waals surface area contributed by atoms with Gasteiger partial charge in [0.1, 0.15) is 11.6 Å². The molecule has 1 heterocycles. The van der Waals surface area contributed by atoms with Gasteiger partial charge in [-0.25, -0.2) is 4.79 Å². The largest absolute Gasteiger partial charge is 0.477 e. The second-order valence-corrected chi connectivity index (χ2v) is 1.99. The Labute approximate surface area is 67.9 Å². The van der Waals surface area contributed by atoms with E-state index in [1.165, 1.54) is 12.3 Å². The quantitative estimate of drug-likeness (QED) is 0.487. The van der Waals surface area contributed by atoms with E-state index >= 15 is 0 Å². The van der Waals surface area contributed by atoms with Gasteiger partial charge in [0.25, 0.3) is 0 Å². The first-order chi connectivity index (χ1) is 5.74. The lowest BCUT2D eigenvalue weighted by Gasteiger charge is -1.86. The molecule has 0 aliphatic rings. The predicted octanol–water partition coefficient (Wildman–Crippen LogP) is 0.401. The topological polar surface area (TPSA) is 89.8 Å². The highest BCUT2D eigenvalue weighted by atomic mass is 16.4. The van der Waals surface area contributed by atoms with Crippen LogP contribution < -0.4 is 0 Å². The van der Waals surface area contributed by atoms with Crippen LogP contribution in [-0.2, 0) is 4.79 Å². The van der Waals surface area contributed by atoms with Gasteiger partial charge in [0.2, 0.25) is 0 Å².